The molecule has 0 saturated heterocycles. The van der Waals surface area contributed by atoms with Gasteiger partial charge in [-0.25, -0.2) is 0 Å². The maximum Gasteiger partial charge on any atom is 0.573 e. The Morgan fingerprint density at radius 2 is 1.71 bits per heavy atom. The SMILES string of the molecule is CCc1cccc(C(=O)c2ccc(OC(F)(F)F)cc2)c1. The first kappa shape index (κ1) is 15.1. The molecule has 0 aliphatic heterocycles. The molecule has 0 atom stereocenters. The van der Waals surface area contributed by atoms with Crippen LogP contribution in [0.4, 0.5) is 13.2 Å². The summed E-state index contributed by atoms with van der Waals surface area (Å²) in [4.78, 5) is 12.2. The van der Waals surface area contributed by atoms with Gasteiger partial charge in [0.05, 0.1) is 0 Å². The van der Waals surface area contributed by atoms with Crippen molar-refractivity contribution in [2.45, 2.75) is 19.7 Å². The topological polar surface area (TPSA) is 26.3 Å². The fourth-order valence-electron chi connectivity index (χ4n) is 1.91. The summed E-state index contributed by atoms with van der Waals surface area (Å²) in [5.74, 6) is -0.579. The van der Waals surface area contributed by atoms with E-state index in [0.29, 0.717) is 11.1 Å². The molecule has 2 aromatic rings. The lowest BCUT2D eigenvalue weighted by molar-refractivity contribution is -0.274. The summed E-state index contributed by atoms with van der Waals surface area (Å²) in [5, 5.41) is 0. The molecule has 0 spiro atoms. The minimum atomic E-state index is -4.74. The molecule has 0 saturated carbocycles. The quantitative estimate of drug-likeness (QED) is 0.782. The number of carbonyl (C=O) groups is 1. The van der Waals surface area contributed by atoms with Gasteiger partial charge in [-0.2, -0.15) is 0 Å². The minimum absolute atomic E-state index is 0.233. The number of hydrogen-bond acceptors (Lipinski definition) is 2. The predicted octanol–water partition coefficient (Wildman–Crippen LogP) is 4.38. The molecule has 2 aromatic carbocycles. The Labute approximate surface area is 120 Å². The second kappa shape index (κ2) is 5.99. The zero-order valence-electron chi connectivity index (χ0n) is 11.3. The zero-order valence-corrected chi connectivity index (χ0v) is 11.3. The standard InChI is InChI=1S/C16H13F3O2/c1-2-11-4-3-5-13(10-11)15(20)12-6-8-14(9-7-12)21-16(17,18)19/h3-10H,2H2,1H3. The van der Waals surface area contributed by atoms with Gasteiger partial charge in [-0.1, -0.05) is 25.1 Å². The van der Waals surface area contributed by atoms with Crippen molar-refractivity contribution >= 4 is 5.78 Å². The summed E-state index contributed by atoms with van der Waals surface area (Å²) in [6, 6.07) is 12.1. The highest BCUT2D eigenvalue weighted by Gasteiger charge is 2.31. The number of hydrogen-bond donors (Lipinski definition) is 0. The van der Waals surface area contributed by atoms with Gasteiger partial charge < -0.3 is 4.74 Å². The van der Waals surface area contributed by atoms with Gasteiger partial charge in [0.2, 0.25) is 0 Å². The maximum absolute atomic E-state index is 12.2. The van der Waals surface area contributed by atoms with Crippen LogP contribution in [0.5, 0.6) is 5.75 Å². The molecule has 5 heteroatoms. The van der Waals surface area contributed by atoms with E-state index in [2.05, 4.69) is 4.74 Å². The van der Waals surface area contributed by atoms with Crippen molar-refractivity contribution < 1.29 is 22.7 Å². The van der Waals surface area contributed by atoms with Gasteiger partial charge in [-0.05, 0) is 42.3 Å². The number of aryl methyl sites for hydroxylation is 1. The van der Waals surface area contributed by atoms with Crippen LogP contribution in [0.1, 0.15) is 28.4 Å². The first-order valence-corrected chi connectivity index (χ1v) is 6.38. The van der Waals surface area contributed by atoms with Gasteiger partial charge >= 0.3 is 6.36 Å². The van der Waals surface area contributed by atoms with Crippen LogP contribution < -0.4 is 4.74 Å². The van der Waals surface area contributed by atoms with Crippen molar-refractivity contribution in [3.63, 3.8) is 0 Å². The third-order valence-electron chi connectivity index (χ3n) is 2.95. The summed E-state index contributed by atoms with van der Waals surface area (Å²) < 4.78 is 39.9. The molecule has 2 nitrogen and oxygen atoms in total. The van der Waals surface area contributed by atoms with E-state index in [1.807, 2.05) is 13.0 Å². The second-order valence-electron chi connectivity index (χ2n) is 4.46. The van der Waals surface area contributed by atoms with E-state index in [9.17, 15) is 18.0 Å². The molecule has 0 N–H and O–H groups in total. The average molecular weight is 294 g/mol. The van der Waals surface area contributed by atoms with Gasteiger partial charge in [0.1, 0.15) is 5.75 Å². The highest BCUT2D eigenvalue weighted by atomic mass is 19.4. The molecule has 2 rings (SSSR count). The van der Waals surface area contributed by atoms with Crippen LogP contribution in [0.2, 0.25) is 0 Å². The molecule has 0 heterocycles. The van der Waals surface area contributed by atoms with Crippen molar-refractivity contribution in [3.8, 4) is 5.75 Å². The number of ketones is 1. The Morgan fingerprint density at radius 1 is 1.05 bits per heavy atom. The van der Waals surface area contributed by atoms with Crippen molar-refractivity contribution in [2.75, 3.05) is 0 Å². The summed E-state index contributed by atoms with van der Waals surface area (Å²) in [5.41, 5.74) is 1.86. The Bertz CT molecular complexity index is 631. The first-order valence-electron chi connectivity index (χ1n) is 6.38. The molecule has 0 fully saturated rings. The van der Waals surface area contributed by atoms with Gasteiger partial charge in [-0.15, -0.1) is 13.2 Å². The molecule has 110 valence electrons. The predicted molar refractivity (Wildman–Crippen MR) is 72.4 cm³/mol. The highest BCUT2D eigenvalue weighted by molar-refractivity contribution is 6.09. The molecule has 0 unspecified atom stereocenters. The van der Waals surface area contributed by atoms with E-state index >= 15 is 0 Å². The number of benzene rings is 2. The van der Waals surface area contributed by atoms with E-state index in [4.69, 9.17) is 0 Å². The lowest BCUT2D eigenvalue weighted by Crippen LogP contribution is -2.17. The van der Waals surface area contributed by atoms with Crippen LogP contribution in [0.3, 0.4) is 0 Å². The number of ether oxygens (including phenoxy) is 1. The van der Waals surface area contributed by atoms with Gasteiger partial charge in [0.15, 0.2) is 5.78 Å². The van der Waals surface area contributed by atoms with Crippen molar-refractivity contribution in [1.29, 1.82) is 0 Å². The summed E-state index contributed by atoms with van der Waals surface area (Å²) >= 11 is 0. The Hall–Kier alpha value is -2.30. The fourth-order valence-corrected chi connectivity index (χ4v) is 1.91. The van der Waals surface area contributed by atoms with Crippen LogP contribution in [0.15, 0.2) is 48.5 Å². The number of alkyl halides is 3. The van der Waals surface area contributed by atoms with Crippen LogP contribution >= 0.6 is 0 Å². The highest BCUT2D eigenvalue weighted by Crippen LogP contribution is 2.23. The molecule has 0 aliphatic rings. The molecule has 0 amide bonds. The van der Waals surface area contributed by atoms with Crippen molar-refractivity contribution in [3.05, 3.63) is 65.2 Å². The zero-order chi connectivity index (χ0) is 15.5. The first-order chi connectivity index (χ1) is 9.89. The molecule has 0 bridgehead atoms. The fraction of sp³-hybridized carbons (Fsp3) is 0.188. The van der Waals surface area contributed by atoms with E-state index in [1.54, 1.807) is 18.2 Å². The van der Waals surface area contributed by atoms with Crippen LogP contribution in [0.25, 0.3) is 0 Å². The van der Waals surface area contributed by atoms with E-state index < -0.39 is 6.36 Å². The minimum Gasteiger partial charge on any atom is -0.406 e. The van der Waals surface area contributed by atoms with Gasteiger partial charge in [-0.3, -0.25) is 4.79 Å². The third kappa shape index (κ3) is 4.08. The van der Waals surface area contributed by atoms with Gasteiger partial charge in [0, 0.05) is 11.1 Å². The maximum atomic E-state index is 12.2. The van der Waals surface area contributed by atoms with Crippen molar-refractivity contribution in [2.24, 2.45) is 0 Å². The third-order valence-corrected chi connectivity index (χ3v) is 2.95. The van der Waals surface area contributed by atoms with E-state index in [1.165, 1.54) is 12.1 Å². The normalized spacial score (nSPS) is 11.2. The van der Waals surface area contributed by atoms with Crippen LogP contribution in [-0.2, 0) is 6.42 Å². The Kier molecular flexibility index (Phi) is 4.31. The van der Waals surface area contributed by atoms with Crippen LogP contribution in [-0.4, -0.2) is 12.1 Å². The number of halogens is 3. The van der Waals surface area contributed by atoms with Crippen molar-refractivity contribution in [1.82, 2.24) is 0 Å². The smallest absolute Gasteiger partial charge is 0.406 e. The van der Waals surface area contributed by atoms with E-state index in [-0.39, 0.29) is 11.5 Å². The number of rotatable bonds is 4. The van der Waals surface area contributed by atoms with Crippen LogP contribution in [0, 0.1) is 0 Å². The summed E-state index contributed by atoms with van der Waals surface area (Å²) in [7, 11) is 0. The summed E-state index contributed by atoms with van der Waals surface area (Å²) in [6.07, 6.45) is -3.93. The molecule has 21 heavy (non-hydrogen) atoms. The summed E-state index contributed by atoms with van der Waals surface area (Å²) in [6.45, 7) is 1.98. The Morgan fingerprint density at radius 3 is 2.29 bits per heavy atom. The lowest BCUT2D eigenvalue weighted by Gasteiger charge is -2.09. The monoisotopic (exact) mass is 294 g/mol. The van der Waals surface area contributed by atoms with E-state index in [0.717, 1.165) is 24.1 Å². The molecule has 0 aromatic heterocycles. The largest absolute Gasteiger partial charge is 0.573 e. The molecule has 0 aliphatic carbocycles. The second-order valence-corrected chi connectivity index (χ2v) is 4.46. The van der Waals surface area contributed by atoms with Gasteiger partial charge in [0.25, 0.3) is 0 Å². The Balaban J connectivity index is 2.19. The molecule has 0 radical (unpaired) electrons. The average Bonchev–Trinajstić information content (AvgIpc) is 2.46. The molecular formula is C16H13F3O2. The number of carbonyl (C=O) groups excluding carboxylic acids is 1. The molecular weight excluding hydrogens is 281 g/mol. The lowest BCUT2D eigenvalue weighted by atomic mass is 10.0.